The molecule has 3 heterocycles. The maximum atomic E-state index is 11.0. The molecule has 1 fully saturated rings. The van der Waals surface area contributed by atoms with Crippen LogP contribution < -0.4 is 4.90 Å². The molecule has 1 aromatic carbocycles. The number of rotatable bonds is 4. The molecule has 3 aromatic rings. The molecule has 0 bridgehead atoms. The summed E-state index contributed by atoms with van der Waals surface area (Å²) in [6.07, 6.45) is 2.30. The Morgan fingerprint density at radius 1 is 1.35 bits per heavy atom. The first-order valence-corrected chi connectivity index (χ1v) is 8.82. The molecular formula is C17H19ClN6O2. The van der Waals surface area contributed by atoms with Gasteiger partial charge in [0.1, 0.15) is 11.3 Å². The number of halogens is 1. The number of anilines is 1. The third-order valence-corrected chi connectivity index (χ3v) is 4.77. The van der Waals surface area contributed by atoms with E-state index in [1.165, 1.54) is 0 Å². The van der Waals surface area contributed by atoms with Crippen LogP contribution in [0.2, 0.25) is 5.02 Å². The van der Waals surface area contributed by atoms with Crippen molar-refractivity contribution in [2.45, 2.75) is 31.9 Å². The van der Waals surface area contributed by atoms with Crippen molar-refractivity contribution in [2.75, 3.05) is 18.0 Å². The van der Waals surface area contributed by atoms with Crippen LogP contribution in [-0.4, -0.2) is 43.3 Å². The van der Waals surface area contributed by atoms with E-state index in [1.54, 1.807) is 23.0 Å². The van der Waals surface area contributed by atoms with Gasteiger partial charge >= 0.3 is 6.01 Å². The van der Waals surface area contributed by atoms with E-state index in [1.807, 2.05) is 30.9 Å². The van der Waals surface area contributed by atoms with Crippen molar-refractivity contribution in [2.24, 2.45) is 0 Å². The summed E-state index contributed by atoms with van der Waals surface area (Å²) in [5, 5.41) is 23.8. The van der Waals surface area contributed by atoms with Crippen LogP contribution in [0.5, 0.6) is 0 Å². The Balaban J connectivity index is 1.53. The molecule has 1 unspecified atom stereocenters. The number of aromatic nitrogens is 5. The van der Waals surface area contributed by atoms with Crippen molar-refractivity contribution >= 4 is 17.6 Å². The van der Waals surface area contributed by atoms with Gasteiger partial charge in [-0.15, -0.1) is 5.10 Å². The molecule has 2 aromatic heterocycles. The summed E-state index contributed by atoms with van der Waals surface area (Å²) in [7, 11) is 0. The minimum Gasteiger partial charge on any atom is -0.381 e. The number of nitrogens with zero attached hydrogens (tertiary/aromatic N) is 6. The second-order valence-corrected chi connectivity index (χ2v) is 7.23. The first-order valence-electron chi connectivity index (χ1n) is 8.44. The van der Waals surface area contributed by atoms with Crippen LogP contribution in [0, 0.1) is 0 Å². The van der Waals surface area contributed by atoms with E-state index in [9.17, 15) is 5.11 Å². The highest BCUT2D eigenvalue weighted by Gasteiger charge is 2.42. The fraction of sp³-hybridized carbons (Fsp3) is 0.412. The molecule has 8 nitrogen and oxygen atoms in total. The molecule has 136 valence electrons. The van der Waals surface area contributed by atoms with E-state index in [2.05, 4.69) is 20.5 Å². The topological polar surface area (TPSA) is 93.1 Å². The molecule has 26 heavy (non-hydrogen) atoms. The van der Waals surface area contributed by atoms with Crippen LogP contribution in [0.15, 0.2) is 35.0 Å². The van der Waals surface area contributed by atoms with Crippen LogP contribution in [0.3, 0.4) is 0 Å². The summed E-state index contributed by atoms with van der Waals surface area (Å²) < 4.78 is 7.12. The Kier molecular flexibility index (Phi) is 4.16. The summed E-state index contributed by atoms with van der Waals surface area (Å²) in [6, 6.07) is 7.82. The highest BCUT2D eigenvalue weighted by atomic mass is 35.5. The Morgan fingerprint density at radius 2 is 2.19 bits per heavy atom. The molecule has 9 heteroatoms. The van der Waals surface area contributed by atoms with Crippen LogP contribution in [0.25, 0.3) is 11.4 Å². The lowest BCUT2D eigenvalue weighted by Crippen LogP contribution is -2.31. The third kappa shape index (κ3) is 3.06. The predicted octanol–water partition coefficient (Wildman–Crippen LogP) is 2.66. The third-order valence-electron chi connectivity index (χ3n) is 4.53. The Morgan fingerprint density at radius 3 is 2.92 bits per heavy atom. The van der Waals surface area contributed by atoms with Gasteiger partial charge in [0.15, 0.2) is 0 Å². The molecule has 1 atom stereocenters. The smallest absolute Gasteiger partial charge is 0.324 e. The van der Waals surface area contributed by atoms with Gasteiger partial charge in [0.2, 0.25) is 5.82 Å². The number of β-amino-alcohol motifs (C(OH)–C–C–N with tert-alkyl or cyclic N) is 1. The lowest BCUT2D eigenvalue weighted by atomic mass is 10.00. The maximum absolute atomic E-state index is 11.0. The second kappa shape index (κ2) is 6.37. The zero-order valence-corrected chi connectivity index (χ0v) is 15.3. The predicted molar refractivity (Wildman–Crippen MR) is 95.9 cm³/mol. The number of benzene rings is 1. The van der Waals surface area contributed by atoms with Crippen molar-refractivity contribution in [3.63, 3.8) is 0 Å². The molecule has 1 aliphatic heterocycles. The van der Waals surface area contributed by atoms with Gasteiger partial charge in [-0.05, 0) is 26.0 Å². The summed E-state index contributed by atoms with van der Waals surface area (Å²) >= 11 is 6.01. The van der Waals surface area contributed by atoms with Crippen molar-refractivity contribution in [3.05, 3.63) is 41.2 Å². The van der Waals surface area contributed by atoms with E-state index >= 15 is 0 Å². The zero-order valence-electron chi connectivity index (χ0n) is 14.5. The Hall–Kier alpha value is -2.45. The normalized spacial score (nSPS) is 20.3. The van der Waals surface area contributed by atoms with E-state index in [0.29, 0.717) is 42.1 Å². The van der Waals surface area contributed by atoms with E-state index in [-0.39, 0.29) is 6.04 Å². The van der Waals surface area contributed by atoms with E-state index in [4.69, 9.17) is 16.1 Å². The molecular weight excluding hydrogens is 356 g/mol. The second-order valence-electron chi connectivity index (χ2n) is 6.79. The fourth-order valence-corrected chi connectivity index (χ4v) is 3.19. The van der Waals surface area contributed by atoms with Crippen molar-refractivity contribution in [1.29, 1.82) is 0 Å². The largest absolute Gasteiger partial charge is 0.381 e. The van der Waals surface area contributed by atoms with Gasteiger partial charge < -0.3 is 14.5 Å². The first kappa shape index (κ1) is 17.0. The maximum Gasteiger partial charge on any atom is 0.324 e. The molecule has 4 rings (SSSR count). The molecule has 0 spiro atoms. The van der Waals surface area contributed by atoms with E-state index in [0.717, 1.165) is 5.56 Å². The summed E-state index contributed by atoms with van der Waals surface area (Å²) in [6.45, 7) is 4.93. The molecule has 0 amide bonds. The lowest BCUT2D eigenvalue weighted by molar-refractivity contribution is 0.0555. The molecule has 0 saturated carbocycles. The van der Waals surface area contributed by atoms with Gasteiger partial charge in [-0.2, -0.15) is 4.98 Å². The van der Waals surface area contributed by atoms with Gasteiger partial charge in [-0.3, -0.25) is 0 Å². The van der Waals surface area contributed by atoms with Gasteiger partial charge in [-0.25, -0.2) is 4.68 Å². The highest BCUT2D eigenvalue weighted by molar-refractivity contribution is 6.30. The fourth-order valence-electron chi connectivity index (χ4n) is 3.00. The molecule has 1 aliphatic rings. The number of hydrogen-bond acceptors (Lipinski definition) is 7. The molecule has 1 saturated heterocycles. The van der Waals surface area contributed by atoms with Gasteiger partial charge in [-0.1, -0.05) is 34.1 Å². The van der Waals surface area contributed by atoms with Gasteiger partial charge in [0.05, 0.1) is 12.7 Å². The standard InChI is InChI=1S/C17H19ClN6O2/c1-11(2)24-9-14(20-22-24)17(25)6-7-23(10-17)16-19-15(21-26-16)12-4-3-5-13(18)8-12/h3-5,8-9,11,25H,6-7,10H2,1-2H3. The zero-order chi connectivity index (χ0) is 18.3. The van der Waals surface area contributed by atoms with Crippen LogP contribution in [0.4, 0.5) is 6.01 Å². The molecule has 1 N–H and O–H groups in total. The van der Waals surface area contributed by atoms with Crippen molar-refractivity contribution in [1.82, 2.24) is 25.1 Å². The monoisotopic (exact) mass is 374 g/mol. The SMILES string of the molecule is CC(C)n1cc(C2(O)CCN(c3nc(-c4cccc(Cl)c4)no3)C2)nn1. The van der Waals surface area contributed by atoms with Crippen LogP contribution >= 0.6 is 11.6 Å². The highest BCUT2D eigenvalue weighted by Crippen LogP contribution is 2.34. The molecule has 0 aliphatic carbocycles. The quantitative estimate of drug-likeness (QED) is 0.750. The summed E-state index contributed by atoms with van der Waals surface area (Å²) in [4.78, 5) is 6.29. The van der Waals surface area contributed by atoms with Crippen LogP contribution in [-0.2, 0) is 5.60 Å². The number of hydrogen-bond donors (Lipinski definition) is 1. The molecule has 0 radical (unpaired) electrons. The average molecular weight is 375 g/mol. The van der Waals surface area contributed by atoms with Crippen LogP contribution in [0.1, 0.15) is 32.0 Å². The first-order chi connectivity index (χ1) is 12.4. The summed E-state index contributed by atoms with van der Waals surface area (Å²) in [5.74, 6) is 0.462. The summed E-state index contributed by atoms with van der Waals surface area (Å²) in [5.41, 5.74) is 0.253. The minimum absolute atomic E-state index is 0.188. The Bertz CT molecular complexity index is 923. The Labute approximate surface area is 155 Å². The van der Waals surface area contributed by atoms with Gasteiger partial charge in [0, 0.05) is 29.6 Å². The lowest BCUT2D eigenvalue weighted by Gasteiger charge is -2.19. The van der Waals surface area contributed by atoms with Gasteiger partial charge in [0.25, 0.3) is 0 Å². The average Bonchev–Trinajstić information content (AvgIpc) is 3.34. The van der Waals surface area contributed by atoms with E-state index < -0.39 is 5.60 Å². The number of aliphatic hydroxyl groups is 1. The minimum atomic E-state index is -1.09. The van der Waals surface area contributed by atoms with Crippen molar-refractivity contribution in [3.8, 4) is 11.4 Å². The van der Waals surface area contributed by atoms with Crippen molar-refractivity contribution < 1.29 is 9.63 Å².